The van der Waals surface area contributed by atoms with Crippen molar-refractivity contribution in [2.75, 3.05) is 13.2 Å². The molecule has 124 valence electrons. The molecule has 0 radical (unpaired) electrons. The molecular formula is C18H23NO3S. The Labute approximate surface area is 138 Å². The minimum Gasteiger partial charge on any atom is -0.493 e. The summed E-state index contributed by atoms with van der Waals surface area (Å²) < 4.78 is 33.6. The number of nitrogens with zero attached hydrogens (tertiary/aromatic N) is 1. The van der Waals surface area contributed by atoms with Gasteiger partial charge in [-0.25, -0.2) is 8.42 Å². The van der Waals surface area contributed by atoms with E-state index in [0.29, 0.717) is 18.0 Å². The van der Waals surface area contributed by atoms with Crippen LogP contribution in [0.25, 0.3) is 10.8 Å². The van der Waals surface area contributed by atoms with Crippen LogP contribution in [-0.2, 0) is 10.0 Å². The van der Waals surface area contributed by atoms with Gasteiger partial charge < -0.3 is 4.74 Å². The first-order valence-corrected chi connectivity index (χ1v) is 9.66. The molecule has 1 aliphatic rings. The molecule has 1 fully saturated rings. The summed E-state index contributed by atoms with van der Waals surface area (Å²) in [6, 6.07) is 11.1. The van der Waals surface area contributed by atoms with Crippen molar-refractivity contribution in [1.82, 2.24) is 4.31 Å². The Kier molecular flexibility index (Phi) is 4.60. The SMILES string of the molecule is CCOc1ccc(S(=O)(=O)N2CCCC[C@@H]2C)c2ccccc12. The molecule has 4 nitrogen and oxygen atoms in total. The molecule has 0 spiro atoms. The van der Waals surface area contributed by atoms with Crippen LogP contribution in [-0.4, -0.2) is 31.9 Å². The van der Waals surface area contributed by atoms with Crippen molar-refractivity contribution in [2.45, 2.75) is 44.0 Å². The van der Waals surface area contributed by atoms with Crippen molar-refractivity contribution in [3.63, 3.8) is 0 Å². The third kappa shape index (κ3) is 2.95. The van der Waals surface area contributed by atoms with Crippen LogP contribution < -0.4 is 4.74 Å². The fourth-order valence-corrected chi connectivity index (χ4v) is 5.20. The fourth-order valence-electron chi connectivity index (χ4n) is 3.31. The average molecular weight is 333 g/mol. The van der Waals surface area contributed by atoms with E-state index in [1.807, 2.05) is 38.1 Å². The minimum absolute atomic E-state index is 0.0547. The summed E-state index contributed by atoms with van der Waals surface area (Å²) in [4.78, 5) is 0.380. The first kappa shape index (κ1) is 16.3. The third-order valence-electron chi connectivity index (χ3n) is 4.47. The first-order chi connectivity index (χ1) is 11.1. The van der Waals surface area contributed by atoms with Crippen LogP contribution in [0.2, 0.25) is 0 Å². The van der Waals surface area contributed by atoms with Crippen LogP contribution in [0.15, 0.2) is 41.3 Å². The van der Waals surface area contributed by atoms with Crippen molar-refractivity contribution < 1.29 is 13.2 Å². The van der Waals surface area contributed by atoms with Gasteiger partial charge in [0.15, 0.2) is 0 Å². The summed E-state index contributed by atoms with van der Waals surface area (Å²) >= 11 is 0. The highest BCUT2D eigenvalue weighted by Crippen LogP contribution is 2.34. The van der Waals surface area contributed by atoms with E-state index in [4.69, 9.17) is 4.74 Å². The number of hydrogen-bond donors (Lipinski definition) is 0. The van der Waals surface area contributed by atoms with E-state index in [9.17, 15) is 8.42 Å². The number of piperidine rings is 1. The van der Waals surface area contributed by atoms with Gasteiger partial charge in [0.05, 0.1) is 11.5 Å². The molecule has 2 aromatic rings. The molecule has 0 unspecified atom stereocenters. The second-order valence-electron chi connectivity index (χ2n) is 6.00. The molecule has 2 aromatic carbocycles. The van der Waals surface area contributed by atoms with Crippen LogP contribution in [0.4, 0.5) is 0 Å². The van der Waals surface area contributed by atoms with Gasteiger partial charge in [0.1, 0.15) is 5.75 Å². The molecule has 1 aliphatic heterocycles. The number of rotatable bonds is 4. The highest BCUT2D eigenvalue weighted by molar-refractivity contribution is 7.89. The summed E-state index contributed by atoms with van der Waals surface area (Å²) in [7, 11) is -3.49. The molecule has 1 saturated heterocycles. The van der Waals surface area contributed by atoms with E-state index in [1.54, 1.807) is 16.4 Å². The van der Waals surface area contributed by atoms with Crippen molar-refractivity contribution in [2.24, 2.45) is 0 Å². The van der Waals surface area contributed by atoms with Gasteiger partial charge in [0, 0.05) is 23.4 Å². The number of sulfonamides is 1. The third-order valence-corrected chi connectivity index (χ3v) is 6.54. The normalized spacial score (nSPS) is 19.8. The van der Waals surface area contributed by atoms with E-state index >= 15 is 0 Å². The second kappa shape index (κ2) is 6.49. The summed E-state index contributed by atoms with van der Waals surface area (Å²) in [5, 5.41) is 1.58. The van der Waals surface area contributed by atoms with Crippen molar-refractivity contribution >= 4 is 20.8 Å². The fraction of sp³-hybridized carbons (Fsp3) is 0.444. The van der Waals surface area contributed by atoms with E-state index in [1.165, 1.54) is 0 Å². The van der Waals surface area contributed by atoms with Crippen LogP contribution in [0.1, 0.15) is 33.1 Å². The van der Waals surface area contributed by atoms with E-state index in [2.05, 4.69) is 0 Å². The Morgan fingerprint density at radius 3 is 2.57 bits per heavy atom. The van der Waals surface area contributed by atoms with Gasteiger partial charge in [-0.2, -0.15) is 4.31 Å². The van der Waals surface area contributed by atoms with Crippen LogP contribution in [0, 0.1) is 0 Å². The quantitative estimate of drug-likeness (QED) is 0.855. The molecule has 0 aromatic heterocycles. The van der Waals surface area contributed by atoms with Crippen LogP contribution >= 0.6 is 0 Å². The summed E-state index contributed by atoms with van der Waals surface area (Å²) in [6.45, 7) is 5.08. The highest BCUT2D eigenvalue weighted by atomic mass is 32.2. The molecule has 1 heterocycles. The van der Waals surface area contributed by atoms with Crippen molar-refractivity contribution in [3.05, 3.63) is 36.4 Å². The summed E-state index contributed by atoms with van der Waals surface area (Å²) in [5.74, 6) is 0.730. The van der Waals surface area contributed by atoms with Gasteiger partial charge in [-0.3, -0.25) is 0 Å². The molecule has 5 heteroatoms. The van der Waals surface area contributed by atoms with Crippen molar-refractivity contribution in [1.29, 1.82) is 0 Å². The maximum Gasteiger partial charge on any atom is 0.243 e. The minimum atomic E-state index is -3.49. The zero-order chi connectivity index (χ0) is 16.4. The molecule has 0 saturated carbocycles. The lowest BCUT2D eigenvalue weighted by molar-refractivity contribution is 0.269. The number of ether oxygens (including phenoxy) is 1. The van der Waals surface area contributed by atoms with E-state index < -0.39 is 10.0 Å². The first-order valence-electron chi connectivity index (χ1n) is 8.22. The van der Waals surface area contributed by atoms with Gasteiger partial charge in [-0.05, 0) is 38.8 Å². The number of hydrogen-bond acceptors (Lipinski definition) is 3. The largest absolute Gasteiger partial charge is 0.493 e. The van der Waals surface area contributed by atoms with Crippen molar-refractivity contribution in [3.8, 4) is 5.75 Å². The average Bonchev–Trinajstić information content (AvgIpc) is 2.55. The van der Waals surface area contributed by atoms with Gasteiger partial charge in [0.2, 0.25) is 10.0 Å². The smallest absolute Gasteiger partial charge is 0.243 e. The lowest BCUT2D eigenvalue weighted by Gasteiger charge is -2.32. The van der Waals surface area contributed by atoms with E-state index in [-0.39, 0.29) is 6.04 Å². The zero-order valence-corrected chi connectivity index (χ0v) is 14.5. The molecule has 3 rings (SSSR count). The number of benzene rings is 2. The maximum atomic E-state index is 13.2. The molecule has 0 aliphatic carbocycles. The highest BCUT2D eigenvalue weighted by Gasteiger charge is 2.32. The van der Waals surface area contributed by atoms with Gasteiger partial charge in [-0.1, -0.05) is 30.7 Å². The predicted octanol–water partition coefficient (Wildman–Crippen LogP) is 3.80. The van der Waals surface area contributed by atoms with Gasteiger partial charge >= 0.3 is 0 Å². The lowest BCUT2D eigenvalue weighted by atomic mass is 10.1. The molecule has 0 N–H and O–H groups in total. The molecule has 1 atom stereocenters. The summed E-state index contributed by atoms with van der Waals surface area (Å²) in [5.41, 5.74) is 0. The van der Waals surface area contributed by atoms with Gasteiger partial charge in [0.25, 0.3) is 0 Å². The van der Waals surface area contributed by atoms with Crippen LogP contribution in [0.3, 0.4) is 0 Å². The van der Waals surface area contributed by atoms with Crippen LogP contribution in [0.5, 0.6) is 5.75 Å². The predicted molar refractivity (Wildman–Crippen MR) is 92.3 cm³/mol. The Morgan fingerprint density at radius 2 is 1.87 bits per heavy atom. The Hall–Kier alpha value is -1.59. The molecule has 0 amide bonds. The maximum absolute atomic E-state index is 13.2. The standard InChI is InChI=1S/C18H23NO3S/c1-3-22-17-11-12-18(16-10-5-4-9-15(16)17)23(20,21)19-13-7-6-8-14(19)2/h4-5,9-12,14H,3,6-8,13H2,1-2H3/t14-/m0/s1. The molecular weight excluding hydrogens is 310 g/mol. The van der Waals surface area contributed by atoms with E-state index in [0.717, 1.165) is 35.8 Å². The molecule has 23 heavy (non-hydrogen) atoms. The topological polar surface area (TPSA) is 46.6 Å². The zero-order valence-electron chi connectivity index (χ0n) is 13.7. The Balaban J connectivity index is 2.14. The lowest BCUT2D eigenvalue weighted by Crippen LogP contribution is -2.41. The Bertz CT molecular complexity index is 801. The molecule has 0 bridgehead atoms. The monoisotopic (exact) mass is 333 g/mol. The van der Waals surface area contributed by atoms with Gasteiger partial charge in [-0.15, -0.1) is 0 Å². The Morgan fingerprint density at radius 1 is 1.13 bits per heavy atom. The summed E-state index contributed by atoms with van der Waals surface area (Å²) in [6.07, 6.45) is 2.95. The number of fused-ring (bicyclic) bond motifs is 1. The second-order valence-corrected chi connectivity index (χ2v) is 7.86.